The van der Waals surface area contributed by atoms with E-state index in [1.54, 1.807) is 6.20 Å². The Morgan fingerprint density at radius 3 is 1.70 bits per heavy atom. The average molecular weight is 675 g/mol. The summed E-state index contributed by atoms with van der Waals surface area (Å²) in [4.78, 5) is 45.7. The molecule has 0 saturated carbocycles. The molecule has 2 amide bonds. The fourth-order valence-corrected chi connectivity index (χ4v) is 6.83. The van der Waals surface area contributed by atoms with Crippen molar-refractivity contribution in [2.24, 2.45) is 0 Å². The highest BCUT2D eigenvalue weighted by Gasteiger charge is 2.34. The molecule has 16 heteroatoms. The van der Waals surface area contributed by atoms with Crippen LogP contribution in [-0.4, -0.2) is 44.7 Å². The van der Waals surface area contributed by atoms with Crippen LogP contribution in [0.1, 0.15) is 45.6 Å². The topological polar surface area (TPSA) is 86.4 Å². The molecule has 0 bridgehead atoms. The van der Waals surface area contributed by atoms with Gasteiger partial charge in [-0.05, 0) is 23.3 Å². The molecule has 2 aromatic carbocycles. The second-order valence-corrected chi connectivity index (χ2v) is 13.0. The van der Waals surface area contributed by atoms with Crippen LogP contribution in [0.5, 0.6) is 0 Å². The molecule has 2 aromatic heterocycles. The van der Waals surface area contributed by atoms with Gasteiger partial charge in [0.15, 0.2) is 27.7 Å². The number of thiazole rings is 2. The highest BCUT2D eigenvalue weighted by Crippen LogP contribution is 2.34. The maximum absolute atomic E-state index is 13.8. The van der Waals surface area contributed by atoms with Gasteiger partial charge in [0.25, 0.3) is 0 Å². The van der Waals surface area contributed by atoms with Gasteiger partial charge in [0, 0.05) is 72.0 Å². The van der Waals surface area contributed by atoms with Gasteiger partial charge in [0.2, 0.25) is 11.8 Å². The van der Waals surface area contributed by atoms with Gasteiger partial charge in [-0.25, -0.2) is 31.3 Å². The van der Waals surface area contributed by atoms with Crippen LogP contribution in [0.2, 0.25) is 4.47 Å². The van der Waals surface area contributed by atoms with Crippen LogP contribution in [-0.2, 0) is 22.7 Å². The van der Waals surface area contributed by atoms with Gasteiger partial charge in [-0.2, -0.15) is 0 Å². The number of aromatic amines is 1. The summed E-state index contributed by atoms with van der Waals surface area (Å²) in [5.41, 5.74) is -0.230. The highest BCUT2D eigenvalue weighted by molar-refractivity contribution is 7.15. The Hall–Kier alpha value is -3.69. The number of amides is 2. The van der Waals surface area contributed by atoms with Crippen LogP contribution in [0.3, 0.4) is 0 Å². The lowest BCUT2D eigenvalue weighted by atomic mass is 9.97. The molecule has 0 aliphatic carbocycles. The minimum absolute atomic E-state index is 0.0147. The van der Waals surface area contributed by atoms with Crippen LogP contribution in [0.15, 0.2) is 41.5 Å². The lowest BCUT2D eigenvalue weighted by molar-refractivity contribution is -0.128. The molecule has 44 heavy (non-hydrogen) atoms. The number of carbonyl (C=O) groups excluding carboxylic acids is 2. The lowest BCUT2D eigenvalue weighted by Gasteiger charge is -2.16. The maximum atomic E-state index is 13.8. The summed E-state index contributed by atoms with van der Waals surface area (Å²) in [6, 6.07) is 2.84. The van der Waals surface area contributed by atoms with E-state index < -0.39 is 46.7 Å². The van der Waals surface area contributed by atoms with E-state index in [2.05, 4.69) is 9.97 Å². The van der Waals surface area contributed by atoms with Crippen molar-refractivity contribution in [2.75, 3.05) is 13.1 Å². The number of hydrogen-bond acceptors (Lipinski definition) is 6. The van der Waals surface area contributed by atoms with Crippen molar-refractivity contribution in [3.8, 4) is 0 Å². The number of nitrogens with one attached hydrogen (secondary N) is 1. The summed E-state index contributed by atoms with van der Waals surface area (Å²) >= 11 is 7.96. The molecule has 0 spiro atoms. The summed E-state index contributed by atoms with van der Waals surface area (Å²) < 4.78 is 81.1. The molecule has 2 saturated heterocycles. The molecular formula is C28H21ClF6N4O3S2. The summed E-state index contributed by atoms with van der Waals surface area (Å²) in [6.07, 6.45) is 3.08. The third-order valence-electron chi connectivity index (χ3n) is 7.14. The molecule has 2 aliphatic heterocycles. The number of carbonyl (C=O) groups is 2. The Kier molecular flexibility index (Phi) is 9.46. The molecule has 2 fully saturated rings. The number of nitrogens with zero attached hydrogens (tertiary/aromatic N) is 3. The first-order chi connectivity index (χ1) is 20.9. The van der Waals surface area contributed by atoms with Gasteiger partial charge in [0.05, 0.1) is 13.1 Å². The van der Waals surface area contributed by atoms with E-state index in [0.29, 0.717) is 28.0 Å². The van der Waals surface area contributed by atoms with Crippen molar-refractivity contribution in [3.05, 3.63) is 107 Å². The van der Waals surface area contributed by atoms with Crippen molar-refractivity contribution < 1.29 is 35.9 Å². The predicted octanol–water partition coefficient (Wildman–Crippen LogP) is 6.10. The second kappa shape index (κ2) is 13.1. The Morgan fingerprint density at radius 1 is 0.773 bits per heavy atom. The van der Waals surface area contributed by atoms with E-state index >= 15 is 0 Å². The molecule has 1 N–H and O–H groups in total. The zero-order valence-corrected chi connectivity index (χ0v) is 24.8. The third-order valence-corrected chi connectivity index (χ3v) is 9.06. The highest BCUT2D eigenvalue weighted by atomic mass is 35.5. The van der Waals surface area contributed by atoms with Crippen LogP contribution >= 0.6 is 34.3 Å². The quantitative estimate of drug-likeness (QED) is 0.198. The Balaban J connectivity index is 0.000000175. The van der Waals surface area contributed by atoms with Crippen molar-refractivity contribution in [1.29, 1.82) is 0 Å². The molecule has 2 aliphatic rings. The number of benzene rings is 2. The van der Waals surface area contributed by atoms with Gasteiger partial charge >= 0.3 is 4.87 Å². The summed E-state index contributed by atoms with van der Waals surface area (Å²) in [5, 5.41) is 0. The number of halogens is 7. The molecule has 232 valence electrons. The van der Waals surface area contributed by atoms with Crippen LogP contribution < -0.4 is 4.87 Å². The molecular weight excluding hydrogens is 654 g/mol. The monoisotopic (exact) mass is 674 g/mol. The van der Waals surface area contributed by atoms with Crippen LogP contribution in [0, 0.1) is 34.9 Å². The normalized spacial score (nSPS) is 18.2. The van der Waals surface area contributed by atoms with Gasteiger partial charge in [-0.3, -0.25) is 14.4 Å². The Morgan fingerprint density at radius 2 is 1.27 bits per heavy atom. The Labute approximate surface area is 258 Å². The molecule has 2 unspecified atom stereocenters. The van der Waals surface area contributed by atoms with E-state index in [9.17, 15) is 40.7 Å². The largest absolute Gasteiger partial charge is 0.337 e. The van der Waals surface area contributed by atoms with E-state index in [0.717, 1.165) is 28.3 Å². The SMILES string of the molecule is O=C1CC(c2cc(F)cc(F)c2F)CN1Cc1c[nH]c(=O)s1.O=C1CC(c2cc(F)cc(F)c2F)CN1Cc1cnc(Cl)s1. The van der Waals surface area contributed by atoms with Gasteiger partial charge in [-0.15, -0.1) is 11.3 Å². The first kappa shape index (κ1) is 31.7. The lowest BCUT2D eigenvalue weighted by Crippen LogP contribution is -2.24. The fraction of sp³-hybridized carbons (Fsp3) is 0.286. The van der Waals surface area contributed by atoms with Gasteiger partial charge < -0.3 is 14.8 Å². The number of likely N-dealkylation sites (tertiary alicyclic amines) is 2. The maximum Gasteiger partial charge on any atom is 0.304 e. The molecule has 4 aromatic rings. The third kappa shape index (κ3) is 7.16. The average Bonchev–Trinajstić information content (AvgIpc) is 3.74. The first-order valence-corrected chi connectivity index (χ1v) is 15.0. The van der Waals surface area contributed by atoms with E-state index in [1.807, 2.05) is 0 Å². The number of aromatic nitrogens is 2. The standard InChI is InChI=1S/C14H10ClF3N2OS.C14H11F3N2O2S/c15-14-19-4-9(22-14)6-20-5-7(1-12(20)21)10-2-8(16)3-11(17)13(10)18;15-8-2-10(13(17)11(16)3-8)7-1-12(20)19(5-7)6-9-4-18-14(21)22-9/h2-4,7H,1,5-6H2;2-4,7H,1,5-6H2,(H,18,21). The van der Waals surface area contributed by atoms with Crippen LogP contribution in [0.25, 0.3) is 0 Å². The van der Waals surface area contributed by atoms with E-state index in [-0.39, 0.29) is 60.3 Å². The van der Waals surface area contributed by atoms with E-state index in [4.69, 9.17) is 11.6 Å². The number of H-pyrrole nitrogens is 1. The van der Waals surface area contributed by atoms with Gasteiger partial charge in [0.1, 0.15) is 11.6 Å². The molecule has 7 nitrogen and oxygen atoms in total. The minimum atomic E-state index is -1.26. The molecule has 6 rings (SSSR count). The fourth-order valence-electron chi connectivity index (χ4n) is 5.14. The summed E-state index contributed by atoms with van der Waals surface area (Å²) in [6.45, 7) is 0.885. The van der Waals surface area contributed by atoms with Gasteiger partial charge in [-0.1, -0.05) is 22.9 Å². The van der Waals surface area contributed by atoms with Crippen molar-refractivity contribution in [1.82, 2.24) is 19.8 Å². The van der Waals surface area contributed by atoms with Crippen molar-refractivity contribution in [3.63, 3.8) is 0 Å². The minimum Gasteiger partial charge on any atom is -0.337 e. The van der Waals surface area contributed by atoms with Crippen molar-refractivity contribution >= 4 is 46.1 Å². The number of hydrogen-bond donors (Lipinski definition) is 1. The molecule has 4 heterocycles. The zero-order valence-electron chi connectivity index (χ0n) is 22.4. The van der Waals surface area contributed by atoms with Crippen molar-refractivity contribution in [2.45, 2.75) is 37.8 Å². The predicted molar refractivity (Wildman–Crippen MR) is 150 cm³/mol. The smallest absolute Gasteiger partial charge is 0.304 e. The molecule has 2 atom stereocenters. The van der Waals surface area contributed by atoms with Crippen LogP contribution in [0.4, 0.5) is 26.3 Å². The zero-order chi connectivity index (χ0) is 31.7. The van der Waals surface area contributed by atoms with E-state index in [1.165, 1.54) is 27.3 Å². The second-order valence-electron chi connectivity index (χ2n) is 10.2. The first-order valence-electron chi connectivity index (χ1n) is 13.0. The summed E-state index contributed by atoms with van der Waals surface area (Å²) in [5.74, 6) is -8.05. The number of rotatable bonds is 6. The summed E-state index contributed by atoms with van der Waals surface area (Å²) in [7, 11) is 0. The Bertz CT molecular complexity index is 1780. The molecule has 0 radical (unpaired) electrons.